The summed E-state index contributed by atoms with van der Waals surface area (Å²) in [6.07, 6.45) is 0. The lowest BCUT2D eigenvalue weighted by atomic mass is 10.1. The van der Waals surface area contributed by atoms with Crippen LogP contribution in [0.15, 0.2) is 46.2 Å². The molecule has 0 aliphatic rings. The molecule has 0 aliphatic carbocycles. The van der Waals surface area contributed by atoms with Crippen molar-refractivity contribution in [2.24, 2.45) is 0 Å². The Bertz CT molecular complexity index is 734. The fourth-order valence-corrected chi connectivity index (χ4v) is 2.61. The van der Waals surface area contributed by atoms with E-state index in [1.165, 1.54) is 25.1 Å². The highest BCUT2D eigenvalue weighted by molar-refractivity contribution is 7.99. The molecule has 0 atom stereocenters. The predicted molar refractivity (Wildman–Crippen MR) is 73.6 cm³/mol. The first kappa shape index (κ1) is 15.1. The van der Waals surface area contributed by atoms with Crippen molar-refractivity contribution >= 4 is 23.2 Å². The van der Waals surface area contributed by atoms with E-state index >= 15 is 0 Å². The molecule has 0 aliphatic heterocycles. The summed E-state index contributed by atoms with van der Waals surface area (Å²) in [5.74, 6) is -1.67. The van der Waals surface area contributed by atoms with Crippen LogP contribution in [0.5, 0.6) is 0 Å². The molecule has 0 spiro atoms. The molecule has 4 nitrogen and oxygen atoms in total. The number of ketones is 1. The summed E-state index contributed by atoms with van der Waals surface area (Å²) in [6, 6.07) is 6.88. The summed E-state index contributed by atoms with van der Waals surface area (Å²) in [5.41, 5.74) is -0.381. The quantitative estimate of drug-likeness (QED) is 0.482. The summed E-state index contributed by atoms with van der Waals surface area (Å²) >= 11 is 0.891. The maximum absolute atomic E-state index is 13.6. The summed E-state index contributed by atoms with van der Waals surface area (Å²) in [6.45, 7) is 1.21. The molecular weight excluding hydrogens is 300 g/mol. The number of carbonyl (C=O) groups excluding carboxylic acids is 1. The number of nitro groups is 1. The maximum Gasteiger partial charge on any atom is 0.280 e. The third-order valence-electron chi connectivity index (χ3n) is 2.67. The molecule has 0 saturated carbocycles. The molecular formula is C14H9F2NO3S. The smallest absolute Gasteiger partial charge is 0.280 e. The largest absolute Gasteiger partial charge is 0.294 e. The zero-order valence-corrected chi connectivity index (χ0v) is 11.6. The minimum absolute atomic E-state index is 0.0401. The number of Topliss-reactive ketones (excluding diaryl/α,β-unsaturated/α-hetero) is 1. The van der Waals surface area contributed by atoms with Crippen LogP contribution < -0.4 is 0 Å². The molecule has 0 radical (unpaired) electrons. The summed E-state index contributed by atoms with van der Waals surface area (Å²) in [5, 5.41) is 10.8. The van der Waals surface area contributed by atoms with Gasteiger partial charge in [-0.1, -0.05) is 11.8 Å². The Balaban J connectivity index is 2.41. The average Bonchev–Trinajstić information content (AvgIpc) is 2.42. The fourth-order valence-electron chi connectivity index (χ4n) is 1.70. The molecule has 0 fully saturated rings. The van der Waals surface area contributed by atoms with Crippen molar-refractivity contribution in [1.29, 1.82) is 0 Å². The molecule has 2 rings (SSSR count). The second-order valence-electron chi connectivity index (χ2n) is 4.17. The number of hydrogen-bond acceptors (Lipinski definition) is 4. The Morgan fingerprint density at radius 3 is 2.52 bits per heavy atom. The van der Waals surface area contributed by atoms with Crippen LogP contribution in [-0.4, -0.2) is 10.7 Å². The summed E-state index contributed by atoms with van der Waals surface area (Å²) < 4.78 is 26.7. The van der Waals surface area contributed by atoms with Gasteiger partial charge >= 0.3 is 0 Å². The molecule has 2 aromatic carbocycles. The molecule has 0 N–H and O–H groups in total. The van der Waals surface area contributed by atoms with Crippen LogP contribution in [0.1, 0.15) is 17.3 Å². The standard InChI is InChI=1S/C14H9F2NO3S/c1-8(18)11-7-10(3-5-13(11)17(19)20)21-14-6-9(15)2-4-12(14)16/h2-7H,1H3. The zero-order valence-electron chi connectivity index (χ0n) is 10.8. The van der Waals surface area contributed by atoms with Gasteiger partial charge in [-0.2, -0.15) is 0 Å². The van der Waals surface area contributed by atoms with E-state index in [-0.39, 0.29) is 16.1 Å². The van der Waals surface area contributed by atoms with Crippen molar-refractivity contribution in [2.75, 3.05) is 0 Å². The molecule has 0 amide bonds. The van der Waals surface area contributed by atoms with E-state index in [1.807, 2.05) is 0 Å². The molecule has 21 heavy (non-hydrogen) atoms. The lowest BCUT2D eigenvalue weighted by molar-refractivity contribution is -0.385. The Morgan fingerprint density at radius 2 is 1.90 bits per heavy atom. The van der Waals surface area contributed by atoms with Gasteiger partial charge in [0.2, 0.25) is 0 Å². The topological polar surface area (TPSA) is 60.2 Å². The van der Waals surface area contributed by atoms with E-state index in [2.05, 4.69) is 0 Å². The monoisotopic (exact) mass is 309 g/mol. The van der Waals surface area contributed by atoms with E-state index in [4.69, 9.17) is 0 Å². The lowest BCUT2D eigenvalue weighted by Crippen LogP contribution is -2.00. The maximum atomic E-state index is 13.6. The first-order valence-electron chi connectivity index (χ1n) is 5.81. The molecule has 2 aromatic rings. The lowest BCUT2D eigenvalue weighted by Gasteiger charge is -2.05. The van der Waals surface area contributed by atoms with Gasteiger partial charge in [-0.05, 0) is 37.3 Å². The van der Waals surface area contributed by atoms with Gasteiger partial charge in [0.1, 0.15) is 11.6 Å². The molecule has 108 valence electrons. The van der Waals surface area contributed by atoms with Gasteiger partial charge in [0, 0.05) is 11.0 Å². The zero-order chi connectivity index (χ0) is 15.6. The van der Waals surface area contributed by atoms with Gasteiger partial charge < -0.3 is 0 Å². The molecule has 0 bridgehead atoms. The Hall–Kier alpha value is -2.28. The number of hydrogen-bond donors (Lipinski definition) is 0. The van der Waals surface area contributed by atoms with Crippen LogP contribution in [0.3, 0.4) is 0 Å². The van der Waals surface area contributed by atoms with Gasteiger partial charge in [-0.25, -0.2) is 8.78 Å². The number of carbonyl (C=O) groups is 1. The van der Waals surface area contributed by atoms with E-state index in [0.717, 1.165) is 30.0 Å². The van der Waals surface area contributed by atoms with Crippen molar-refractivity contribution in [3.05, 3.63) is 63.7 Å². The van der Waals surface area contributed by atoms with Crippen LogP contribution in [-0.2, 0) is 0 Å². The van der Waals surface area contributed by atoms with E-state index in [1.54, 1.807) is 0 Å². The van der Waals surface area contributed by atoms with Crippen molar-refractivity contribution < 1.29 is 18.5 Å². The number of benzene rings is 2. The second kappa shape index (κ2) is 6.01. The van der Waals surface area contributed by atoms with Crippen LogP contribution in [0.2, 0.25) is 0 Å². The van der Waals surface area contributed by atoms with Crippen LogP contribution in [0, 0.1) is 21.7 Å². The number of rotatable bonds is 4. The molecule has 7 heteroatoms. The number of nitro benzene ring substituents is 1. The normalized spacial score (nSPS) is 10.4. The highest BCUT2D eigenvalue weighted by atomic mass is 32.2. The first-order chi connectivity index (χ1) is 9.88. The van der Waals surface area contributed by atoms with Crippen molar-refractivity contribution in [3.63, 3.8) is 0 Å². The minimum Gasteiger partial charge on any atom is -0.294 e. The highest BCUT2D eigenvalue weighted by Gasteiger charge is 2.18. The average molecular weight is 309 g/mol. The van der Waals surface area contributed by atoms with Crippen molar-refractivity contribution in [2.45, 2.75) is 16.7 Å². The van der Waals surface area contributed by atoms with Gasteiger partial charge in [0.15, 0.2) is 5.78 Å². The molecule has 0 heterocycles. The van der Waals surface area contributed by atoms with Gasteiger partial charge in [0.25, 0.3) is 5.69 Å². The molecule has 0 saturated heterocycles. The summed E-state index contributed by atoms with van der Waals surface area (Å²) in [7, 11) is 0. The van der Waals surface area contributed by atoms with Gasteiger partial charge in [0.05, 0.1) is 15.4 Å². The molecule has 0 aromatic heterocycles. The predicted octanol–water partition coefficient (Wildman–Crippen LogP) is 4.23. The van der Waals surface area contributed by atoms with Crippen LogP contribution in [0.25, 0.3) is 0 Å². The van der Waals surface area contributed by atoms with Crippen molar-refractivity contribution in [3.8, 4) is 0 Å². The SMILES string of the molecule is CC(=O)c1cc(Sc2cc(F)ccc2F)ccc1[N+](=O)[O-]. The Labute approximate surface area is 122 Å². The number of halogens is 2. The first-order valence-corrected chi connectivity index (χ1v) is 6.62. The molecule has 0 unspecified atom stereocenters. The number of nitrogens with zero attached hydrogens (tertiary/aromatic N) is 1. The highest BCUT2D eigenvalue weighted by Crippen LogP contribution is 2.33. The second-order valence-corrected chi connectivity index (χ2v) is 5.28. The van der Waals surface area contributed by atoms with E-state index in [9.17, 15) is 23.7 Å². The van der Waals surface area contributed by atoms with Crippen molar-refractivity contribution in [1.82, 2.24) is 0 Å². The van der Waals surface area contributed by atoms with Crippen LogP contribution >= 0.6 is 11.8 Å². The Morgan fingerprint density at radius 1 is 1.19 bits per heavy atom. The van der Waals surface area contributed by atoms with Gasteiger partial charge in [-0.15, -0.1) is 0 Å². The van der Waals surface area contributed by atoms with E-state index in [0.29, 0.717) is 4.90 Å². The minimum atomic E-state index is -0.659. The van der Waals surface area contributed by atoms with E-state index < -0.39 is 22.3 Å². The third-order valence-corrected chi connectivity index (χ3v) is 3.69. The summed E-state index contributed by atoms with van der Waals surface area (Å²) in [4.78, 5) is 22.1. The Kier molecular flexibility index (Phi) is 4.32. The fraction of sp³-hybridized carbons (Fsp3) is 0.0714. The van der Waals surface area contributed by atoms with Crippen LogP contribution in [0.4, 0.5) is 14.5 Å². The van der Waals surface area contributed by atoms with Gasteiger partial charge in [-0.3, -0.25) is 14.9 Å². The third kappa shape index (κ3) is 3.43.